The molecule has 2 rings (SSSR count). The van der Waals surface area contributed by atoms with E-state index in [0.29, 0.717) is 6.04 Å². The standard InChI is InChI=1S/C15H21N/c1-10-5-6-11(2)14(7-10)15-8-13(4)16-9-12(15)3/h5-7,13,16H,8-9H2,1-4H3/t13-/m1/s1. The Hall–Kier alpha value is -1.08. The SMILES string of the molecule is CC1=C(c2cc(C)ccc2C)C[C@@H](C)NC1. The predicted octanol–water partition coefficient (Wildman–Crippen LogP) is 3.46. The summed E-state index contributed by atoms with van der Waals surface area (Å²) in [5, 5.41) is 3.51. The molecule has 1 N–H and O–H groups in total. The third-order valence-corrected chi connectivity index (χ3v) is 3.46. The summed E-state index contributed by atoms with van der Waals surface area (Å²) in [6.07, 6.45) is 1.15. The molecule has 0 spiro atoms. The van der Waals surface area contributed by atoms with Crippen molar-refractivity contribution in [3.63, 3.8) is 0 Å². The third-order valence-electron chi connectivity index (χ3n) is 3.46. The van der Waals surface area contributed by atoms with Crippen molar-refractivity contribution in [2.24, 2.45) is 0 Å². The van der Waals surface area contributed by atoms with Gasteiger partial charge in [0.2, 0.25) is 0 Å². The minimum atomic E-state index is 0.596. The van der Waals surface area contributed by atoms with Gasteiger partial charge in [-0.05, 0) is 50.8 Å². The highest BCUT2D eigenvalue weighted by atomic mass is 14.9. The van der Waals surface area contributed by atoms with Crippen LogP contribution in [0.5, 0.6) is 0 Å². The summed E-state index contributed by atoms with van der Waals surface area (Å²) >= 11 is 0. The first-order valence-corrected chi connectivity index (χ1v) is 6.07. The molecule has 0 unspecified atom stereocenters. The van der Waals surface area contributed by atoms with Gasteiger partial charge in [-0.2, -0.15) is 0 Å². The Balaban J connectivity index is 2.46. The van der Waals surface area contributed by atoms with Gasteiger partial charge in [0.15, 0.2) is 0 Å². The van der Waals surface area contributed by atoms with Crippen LogP contribution in [0.15, 0.2) is 23.8 Å². The van der Waals surface area contributed by atoms with E-state index < -0.39 is 0 Å². The molecule has 0 bridgehead atoms. The highest BCUT2D eigenvalue weighted by molar-refractivity contribution is 5.72. The molecule has 1 nitrogen and oxygen atoms in total. The van der Waals surface area contributed by atoms with Crippen LogP contribution in [0.1, 0.15) is 37.0 Å². The van der Waals surface area contributed by atoms with Crippen molar-refractivity contribution in [2.75, 3.05) is 6.54 Å². The quantitative estimate of drug-likeness (QED) is 0.756. The van der Waals surface area contributed by atoms with Gasteiger partial charge in [-0.15, -0.1) is 0 Å². The van der Waals surface area contributed by atoms with Gasteiger partial charge in [0, 0.05) is 12.6 Å². The maximum Gasteiger partial charge on any atom is 0.0170 e. The van der Waals surface area contributed by atoms with Crippen molar-refractivity contribution in [3.05, 3.63) is 40.5 Å². The van der Waals surface area contributed by atoms with Crippen LogP contribution < -0.4 is 5.32 Å². The second kappa shape index (κ2) is 4.42. The topological polar surface area (TPSA) is 12.0 Å². The van der Waals surface area contributed by atoms with Gasteiger partial charge in [0.05, 0.1) is 0 Å². The molecule has 1 aliphatic rings. The molecule has 0 radical (unpaired) electrons. The smallest absolute Gasteiger partial charge is 0.0170 e. The first-order valence-electron chi connectivity index (χ1n) is 6.07. The van der Waals surface area contributed by atoms with Crippen molar-refractivity contribution < 1.29 is 0 Å². The molecule has 0 aliphatic carbocycles. The molecule has 1 heteroatoms. The first kappa shape index (κ1) is 11.4. The van der Waals surface area contributed by atoms with Crippen molar-refractivity contribution in [3.8, 4) is 0 Å². The van der Waals surface area contributed by atoms with E-state index in [0.717, 1.165) is 13.0 Å². The molecule has 1 heterocycles. The summed E-state index contributed by atoms with van der Waals surface area (Å²) in [6.45, 7) is 9.92. The molecule has 86 valence electrons. The van der Waals surface area contributed by atoms with Crippen LogP contribution in [0.2, 0.25) is 0 Å². The average molecular weight is 215 g/mol. The first-order chi connectivity index (χ1) is 7.58. The van der Waals surface area contributed by atoms with Crippen LogP contribution in [0, 0.1) is 13.8 Å². The molecule has 0 amide bonds. The minimum Gasteiger partial charge on any atom is -0.310 e. The van der Waals surface area contributed by atoms with Crippen molar-refractivity contribution >= 4 is 5.57 Å². The van der Waals surface area contributed by atoms with Crippen LogP contribution in [0.3, 0.4) is 0 Å². The van der Waals surface area contributed by atoms with Crippen molar-refractivity contribution in [2.45, 2.75) is 40.2 Å². The average Bonchev–Trinajstić information content (AvgIpc) is 2.25. The lowest BCUT2D eigenvalue weighted by Gasteiger charge is -2.26. The van der Waals surface area contributed by atoms with E-state index in [1.165, 1.54) is 22.3 Å². The third kappa shape index (κ3) is 2.19. The van der Waals surface area contributed by atoms with E-state index in [4.69, 9.17) is 0 Å². The van der Waals surface area contributed by atoms with Crippen molar-refractivity contribution in [1.82, 2.24) is 5.32 Å². The fourth-order valence-corrected chi connectivity index (χ4v) is 2.39. The summed E-state index contributed by atoms with van der Waals surface area (Å²) in [7, 11) is 0. The van der Waals surface area contributed by atoms with E-state index in [2.05, 4.69) is 51.2 Å². The van der Waals surface area contributed by atoms with E-state index in [1.54, 1.807) is 5.57 Å². The Morgan fingerprint density at radius 1 is 1.19 bits per heavy atom. The molecule has 0 aromatic heterocycles. The lowest BCUT2D eigenvalue weighted by molar-refractivity contribution is 0.565. The predicted molar refractivity (Wildman–Crippen MR) is 70.6 cm³/mol. The largest absolute Gasteiger partial charge is 0.310 e. The van der Waals surface area contributed by atoms with Gasteiger partial charge in [-0.1, -0.05) is 29.3 Å². The number of aryl methyl sites for hydroxylation is 2. The fourth-order valence-electron chi connectivity index (χ4n) is 2.39. The van der Waals surface area contributed by atoms with Crippen LogP contribution in [-0.4, -0.2) is 12.6 Å². The van der Waals surface area contributed by atoms with E-state index in [9.17, 15) is 0 Å². The normalized spacial score (nSPS) is 21.4. The second-order valence-electron chi connectivity index (χ2n) is 5.06. The summed E-state index contributed by atoms with van der Waals surface area (Å²) < 4.78 is 0. The zero-order valence-electron chi connectivity index (χ0n) is 10.7. The zero-order valence-corrected chi connectivity index (χ0v) is 10.7. The zero-order chi connectivity index (χ0) is 11.7. The number of nitrogens with one attached hydrogen (secondary N) is 1. The number of benzene rings is 1. The van der Waals surface area contributed by atoms with Crippen LogP contribution in [0.25, 0.3) is 5.57 Å². The molecular formula is C15H21N. The highest BCUT2D eigenvalue weighted by Gasteiger charge is 2.17. The molecule has 1 aromatic carbocycles. The molecule has 1 atom stereocenters. The van der Waals surface area contributed by atoms with E-state index in [1.807, 2.05) is 0 Å². The molecule has 0 fully saturated rings. The fraction of sp³-hybridized carbons (Fsp3) is 0.467. The maximum absolute atomic E-state index is 3.51. The number of hydrogen-bond acceptors (Lipinski definition) is 1. The van der Waals surface area contributed by atoms with Crippen LogP contribution in [0.4, 0.5) is 0 Å². The summed E-state index contributed by atoms with van der Waals surface area (Å²) in [4.78, 5) is 0. The minimum absolute atomic E-state index is 0.596. The number of hydrogen-bond donors (Lipinski definition) is 1. The van der Waals surface area contributed by atoms with Crippen LogP contribution in [-0.2, 0) is 0 Å². The molecule has 1 aliphatic heterocycles. The Bertz CT molecular complexity index is 429. The molecule has 16 heavy (non-hydrogen) atoms. The monoisotopic (exact) mass is 215 g/mol. The van der Waals surface area contributed by atoms with E-state index >= 15 is 0 Å². The van der Waals surface area contributed by atoms with Gasteiger partial charge in [-0.25, -0.2) is 0 Å². The Kier molecular flexibility index (Phi) is 3.15. The van der Waals surface area contributed by atoms with Gasteiger partial charge in [0.1, 0.15) is 0 Å². The van der Waals surface area contributed by atoms with Gasteiger partial charge in [0.25, 0.3) is 0 Å². The molecular weight excluding hydrogens is 194 g/mol. The van der Waals surface area contributed by atoms with Gasteiger partial charge in [-0.3, -0.25) is 0 Å². The lowest BCUT2D eigenvalue weighted by Crippen LogP contribution is -2.32. The maximum atomic E-state index is 3.51. The molecule has 0 saturated heterocycles. The molecule has 0 saturated carbocycles. The number of rotatable bonds is 1. The van der Waals surface area contributed by atoms with Crippen LogP contribution >= 0.6 is 0 Å². The van der Waals surface area contributed by atoms with Gasteiger partial charge < -0.3 is 5.32 Å². The van der Waals surface area contributed by atoms with Gasteiger partial charge >= 0.3 is 0 Å². The summed E-state index contributed by atoms with van der Waals surface area (Å²) in [5.41, 5.74) is 7.24. The van der Waals surface area contributed by atoms with E-state index in [-0.39, 0.29) is 0 Å². The summed E-state index contributed by atoms with van der Waals surface area (Å²) in [6, 6.07) is 7.35. The van der Waals surface area contributed by atoms with Crippen molar-refractivity contribution in [1.29, 1.82) is 0 Å². The molecule has 1 aromatic rings. The summed E-state index contributed by atoms with van der Waals surface area (Å²) in [5.74, 6) is 0. The Morgan fingerprint density at radius 2 is 1.94 bits per heavy atom. The Morgan fingerprint density at radius 3 is 2.69 bits per heavy atom. The Labute approximate surface area is 98.6 Å². The second-order valence-corrected chi connectivity index (χ2v) is 5.06. The highest BCUT2D eigenvalue weighted by Crippen LogP contribution is 2.29. The lowest BCUT2D eigenvalue weighted by atomic mass is 9.88.